The van der Waals surface area contributed by atoms with Crippen LogP contribution in [0.4, 0.5) is 10.3 Å². The summed E-state index contributed by atoms with van der Waals surface area (Å²) in [6.07, 6.45) is -1.92. The summed E-state index contributed by atoms with van der Waals surface area (Å²) in [5.74, 6) is -0.534. The Balaban J connectivity index is 1.63. The molecule has 2 saturated heterocycles. The van der Waals surface area contributed by atoms with Gasteiger partial charge in [-0.2, -0.15) is 9.97 Å². The molecular weight excluding hydrogens is 450 g/mol. The fourth-order valence-electron chi connectivity index (χ4n) is 3.73. The fourth-order valence-corrected chi connectivity index (χ4v) is 5.52. The number of nitrogens with two attached hydrogens (primary N) is 1. The van der Waals surface area contributed by atoms with Crippen LogP contribution in [0.5, 0.6) is 5.88 Å². The third-order valence-corrected chi connectivity index (χ3v) is 6.93. The SMILES string of the molecule is CCOc1nc(N)nc2c1ncn2[C@@H]1O[C@@H]2CO[P@@](O)(NC(C)C(=O)OC)O[C@H]2[C@@]1(C)F. The molecule has 32 heavy (non-hydrogen) atoms. The first-order valence-corrected chi connectivity index (χ1v) is 11.4. The molecule has 2 aliphatic rings. The second kappa shape index (κ2) is 8.28. The topological polar surface area (TPSA) is 165 Å². The molecule has 177 valence electrons. The van der Waals surface area contributed by atoms with Gasteiger partial charge in [0.1, 0.15) is 18.2 Å². The lowest BCUT2D eigenvalue weighted by atomic mass is 9.98. The van der Waals surface area contributed by atoms with E-state index in [4.69, 9.17) is 24.3 Å². The van der Waals surface area contributed by atoms with Crippen molar-refractivity contribution in [2.24, 2.45) is 0 Å². The van der Waals surface area contributed by atoms with Gasteiger partial charge in [0.25, 0.3) is 0 Å². The minimum absolute atomic E-state index is 0.0699. The van der Waals surface area contributed by atoms with E-state index in [9.17, 15) is 9.69 Å². The molecule has 2 aromatic rings. The Labute approximate surface area is 183 Å². The van der Waals surface area contributed by atoms with E-state index >= 15 is 4.39 Å². The van der Waals surface area contributed by atoms with E-state index < -0.39 is 44.2 Å². The number of hydrogen-bond donors (Lipinski definition) is 3. The molecular formula is C17H25FN6O7P. The molecule has 0 spiro atoms. The zero-order chi connectivity index (χ0) is 23.3. The number of nitrogens with zero attached hydrogens (tertiary/aromatic N) is 4. The number of rotatable bonds is 6. The zero-order valence-corrected chi connectivity index (χ0v) is 18.8. The molecule has 4 N–H and O–H groups in total. The van der Waals surface area contributed by atoms with E-state index in [0.29, 0.717) is 12.1 Å². The van der Waals surface area contributed by atoms with Crippen molar-refractivity contribution < 1.29 is 37.3 Å². The second-order valence-corrected chi connectivity index (χ2v) is 9.31. The van der Waals surface area contributed by atoms with Gasteiger partial charge in [-0.15, -0.1) is 0 Å². The number of anilines is 1. The van der Waals surface area contributed by atoms with Crippen molar-refractivity contribution in [2.45, 2.75) is 50.9 Å². The summed E-state index contributed by atoms with van der Waals surface area (Å²) in [6, 6.07) is -0.937. The molecule has 2 aromatic heterocycles. The van der Waals surface area contributed by atoms with Gasteiger partial charge < -0.3 is 29.4 Å². The van der Waals surface area contributed by atoms with E-state index in [1.165, 1.54) is 31.9 Å². The van der Waals surface area contributed by atoms with Crippen molar-refractivity contribution in [3.05, 3.63) is 6.33 Å². The summed E-state index contributed by atoms with van der Waals surface area (Å²) >= 11 is 0. The number of ether oxygens (including phenoxy) is 3. The van der Waals surface area contributed by atoms with Crippen molar-refractivity contribution >= 4 is 31.2 Å². The average molecular weight is 475 g/mol. The molecule has 0 aromatic carbocycles. The van der Waals surface area contributed by atoms with Gasteiger partial charge in [-0.1, -0.05) is 0 Å². The number of nitrogen functional groups attached to an aromatic ring is 1. The number of halogens is 1. The van der Waals surface area contributed by atoms with E-state index in [2.05, 4.69) is 24.8 Å². The predicted molar refractivity (Wildman–Crippen MR) is 109 cm³/mol. The highest BCUT2D eigenvalue weighted by Gasteiger charge is 2.62. The molecule has 0 aliphatic carbocycles. The maximum absolute atomic E-state index is 16.1. The van der Waals surface area contributed by atoms with E-state index in [-0.39, 0.29) is 24.1 Å². The van der Waals surface area contributed by atoms with Crippen LogP contribution in [0.25, 0.3) is 11.2 Å². The average Bonchev–Trinajstić information content (AvgIpc) is 3.25. The van der Waals surface area contributed by atoms with Gasteiger partial charge in [0, 0.05) is 0 Å². The summed E-state index contributed by atoms with van der Waals surface area (Å²) < 4.78 is 44.4. The van der Waals surface area contributed by atoms with Crippen molar-refractivity contribution in [1.29, 1.82) is 0 Å². The Hall–Kier alpha value is -2.22. The van der Waals surface area contributed by atoms with Gasteiger partial charge >= 0.3 is 14.1 Å². The number of aromatic nitrogens is 4. The first-order valence-electron chi connectivity index (χ1n) is 9.87. The number of nitrogens with one attached hydrogen (secondary N) is 1. The summed E-state index contributed by atoms with van der Waals surface area (Å²) in [7, 11) is -2.57. The number of hydrogen-bond acceptors (Lipinski definition) is 12. The van der Waals surface area contributed by atoms with Gasteiger partial charge in [-0.25, -0.2) is 14.5 Å². The van der Waals surface area contributed by atoms with E-state index in [1.807, 2.05) is 0 Å². The molecule has 6 atom stereocenters. The normalized spacial score (nSPS) is 33.1. The standard InChI is InChI=1S/C17H25FN6O7P/c1-5-28-13-10-12(21-16(19)22-13)24(7-20-10)15-17(3,18)11-9(30-15)6-29-32(26,31-11)23-8(2)14(25)27-4/h7-9,11,15,23,26H,5-6H2,1-4H3,(H2,19,21,22)/t8?,9-,11-,15-,17-/m1/s1. The number of alkyl halides is 1. The molecule has 0 bridgehead atoms. The van der Waals surface area contributed by atoms with Crippen LogP contribution in [0.15, 0.2) is 6.33 Å². The van der Waals surface area contributed by atoms with Crippen LogP contribution >= 0.6 is 8.09 Å². The molecule has 2 fully saturated rings. The number of fused-ring (bicyclic) bond motifs is 2. The molecule has 0 saturated carbocycles. The van der Waals surface area contributed by atoms with Crippen molar-refractivity contribution in [3.8, 4) is 5.88 Å². The third-order valence-electron chi connectivity index (χ3n) is 5.20. The maximum atomic E-state index is 16.1. The minimum Gasteiger partial charge on any atom is -0.476 e. The first-order chi connectivity index (χ1) is 15.1. The van der Waals surface area contributed by atoms with E-state index in [0.717, 1.165) is 0 Å². The van der Waals surface area contributed by atoms with Gasteiger partial charge in [-0.05, 0) is 20.8 Å². The molecule has 0 amide bonds. The summed E-state index contributed by atoms with van der Waals surface area (Å²) in [5.41, 5.74) is 4.16. The Morgan fingerprint density at radius 3 is 3.00 bits per heavy atom. The monoisotopic (exact) mass is 475 g/mol. The fraction of sp³-hybridized carbons (Fsp3) is 0.647. The Kier molecular flexibility index (Phi) is 5.94. The highest BCUT2D eigenvalue weighted by molar-refractivity contribution is 7.58. The highest BCUT2D eigenvalue weighted by Crippen LogP contribution is 2.62. The summed E-state index contributed by atoms with van der Waals surface area (Å²) in [4.78, 5) is 34.8. The van der Waals surface area contributed by atoms with Gasteiger partial charge in [0.15, 0.2) is 23.1 Å². The van der Waals surface area contributed by atoms with Crippen molar-refractivity contribution in [3.63, 3.8) is 0 Å². The quantitative estimate of drug-likeness (QED) is 0.395. The van der Waals surface area contributed by atoms with Crippen LogP contribution in [0, 0.1) is 0 Å². The van der Waals surface area contributed by atoms with Crippen LogP contribution < -0.4 is 15.6 Å². The largest absolute Gasteiger partial charge is 0.476 e. The Morgan fingerprint density at radius 2 is 2.31 bits per heavy atom. The number of methoxy groups -OCH3 is 1. The number of carbonyl (C=O) groups excluding carboxylic acids is 1. The predicted octanol–water partition coefficient (Wildman–Crippen LogP) is 0.669. The zero-order valence-electron chi connectivity index (χ0n) is 17.9. The van der Waals surface area contributed by atoms with Gasteiger partial charge in [-0.3, -0.25) is 13.9 Å². The van der Waals surface area contributed by atoms with Gasteiger partial charge in [0.2, 0.25) is 11.8 Å². The Bertz CT molecular complexity index is 1020. The van der Waals surface area contributed by atoms with Crippen molar-refractivity contribution in [1.82, 2.24) is 24.6 Å². The summed E-state index contributed by atoms with van der Waals surface area (Å²) in [6.45, 7) is 4.68. The molecule has 1 unspecified atom stereocenters. The van der Waals surface area contributed by atoms with Crippen LogP contribution in [-0.2, 0) is 23.3 Å². The third kappa shape index (κ3) is 3.87. The van der Waals surface area contributed by atoms with Crippen LogP contribution in [0.3, 0.4) is 0 Å². The molecule has 13 nitrogen and oxygen atoms in total. The highest BCUT2D eigenvalue weighted by atomic mass is 31.2. The van der Waals surface area contributed by atoms with Crippen molar-refractivity contribution in [2.75, 3.05) is 26.1 Å². The molecule has 4 rings (SSSR count). The lowest BCUT2D eigenvalue weighted by Crippen LogP contribution is -2.49. The lowest BCUT2D eigenvalue weighted by molar-refractivity contribution is -0.142. The smallest absolute Gasteiger partial charge is 0.323 e. The maximum Gasteiger partial charge on any atom is 0.323 e. The Morgan fingerprint density at radius 1 is 1.56 bits per heavy atom. The van der Waals surface area contributed by atoms with E-state index in [1.54, 1.807) is 6.92 Å². The molecule has 4 heterocycles. The minimum atomic E-state index is -3.77. The van der Waals surface area contributed by atoms with Gasteiger partial charge in [0.05, 0.1) is 26.7 Å². The summed E-state index contributed by atoms with van der Waals surface area (Å²) in [5, 5.41) is 2.56. The van der Waals surface area contributed by atoms with Crippen LogP contribution in [-0.4, -0.2) is 74.6 Å². The lowest BCUT2D eigenvalue weighted by Gasteiger charge is -2.41. The molecule has 1 radical (unpaired) electrons. The first kappa shape index (κ1) is 23.0. The molecule has 2 aliphatic heterocycles. The van der Waals surface area contributed by atoms with Crippen LogP contribution in [0.1, 0.15) is 27.0 Å². The number of imidazole rings is 1. The number of carbonyl (C=O) groups is 1. The number of esters is 1. The van der Waals surface area contributed by atoms with Crippen LogP contribution in [0.2, 0.25) is 0 Å². The second-order valence-electron chi connectivity index (χ2n) is 7.54. The molecule has 15 heteroatoms.